The summed E-state index contributed by atoms with van der Waals surface area (Å²) < 4.78 is 0. The van der Waals surface area contributed by atoms with E-state index in [-0.39, 0.29) is 11.9 Å². The molecule has 0 radical (unpaired) electrons. The Morgan fingerprint density at radius 1 is 1.21 bits per heavy atom. The van der Waals surface area contributed by atoms with Crippen LogP contribution in [0.25, 0.3) is 10.8 Å². The van der Waals surface area contributed by atoms with Crippen molar-refractivity contribution >= 4 is 16.7 Å². The van der Waals surface area contributed by atoms with Crippen molar-refractivity contribution in [1.82, 2.24) is 5.32 Å². The highest BCUT2D eigenvalue weighted by molar-refractivity contribution is 5.85. The predicted octanol–water partition coefficient (Wildman–Crippen LogP) is 2.24. The van der Waals surface area contributed by atoms with E-state index >= 15 is 0 Å². The van der Waals surface area contributed by atoms with E-state index in [2.05, 4.69) is 35.6 Å². The molecule has 0 aliphatic heterocycles. The van der Waals surface area contributed by atoms with Gasteiger partial charge in [-0.25, -0.2) is 0 Å². The monoisotopic (exact) mass is 256 g/mol. The van der Waals surface area contributed by atoms with E-state index in [4.69, 9.17) is 5.73 Å². The van der Waals surface area contributed by atoms with Crippen molar-refractivity contribution in [1.29, 1.82) is 0 Å². The molecule has 0 spiro atoms. The van der Waals surface area contributed by atoms with Crippen molar-refractivity contribution in [2.75, 3.05) is 6.54 Å². The maximum Gasteiger partial charge on any atom is 0.221 e. The summed E-state index contributed by atoms with van der Waals surface area (Å²) in [5.41, 5.74) is 6.85. The van der Waals surface area contributed by atoms with Gasteiger partial charge >= 0.3 is 0 Å². The second-order valence-corrected chi connectivity index (χ2v) is 4.92. The molecule has 0 aromatic heterocycles. The van der Waals surface area contributed by atoms with Crippen molar-refractivity contribution in [2.24, 2.45) is 5.73 Å². The third-order valence-corrected chi connectivity index (χ3v) is 3.10. The summed E-state index contributed by atoms with van der Waals surface area (Å²) in [6.07, 6.45) is 1.22. The number of amides is 1. The van der Waals surface area contributed by atoms with Gasteiger partial charge in [0.25, 0.3) is 0 Å². The number of hydrogen-bond acceptors (Lipinski definition) is 2. The van der Waals surface area contributed by atoms with Gasteiger partial charge in [0.05, 0.1) is 0 Å². The van der Waals surface area contributed by atoms with Crippen molar-refractivity contribution in [3.63, 3.8) is 0 Å². The van der Waals surface area contributed by atoms with Gasteiger partial charge in [0, 0.05) is 19.0 Å². The normalized spacial score (nSPS) is 12.3. The van der Waals surface area contributed by atoms with E-state index in [0.29, 0.717) is 13.0 Å². The largest absolute Gasteiger partial charge is 0.356 e. The highest BCUT2D eigenvalue weighted by atomic mass is 16.1. The lowest BCUT2D eigenvalue weighted by atomic mass is 10.0. The van der Waals surface area contributed by atoms with Gasteiger partial charge in [0.2, 0.25) is 5.91 Å². The van der Waals surface area contributed by atoms with Crippen molar-refractivity contribution in [3.05, 3.63) is 48.0 Å². The fourth-order valence-corrected chi connectivity index (χ4v) is 2.21. The summed E-state index contributed by atoms with van der Waals surface area (Å²) in [6, 6.07) is 14.5. The molecule has 0 aliphatic carbocycles. The first kappa shape index (κ1) is 13.6. The average molecular weight is 256 g/mol. The Hall–Kier alpha value is -1.87. The van der Waals surface area contributed by atoms with E-state index in [9.17, 15) is 4.79 Å². The van der Waals surface area contributed by atoms with Crippen LogP contribution in [0.15, 0.2) is 42.5 Å². The number of hydrogen-bond donors (Lipinski definition) is 2. The van der Waals surface area contributed by atoms with E-state index in [1.54, 1.807) is 0 Å². The lowest BCUT2D eigenvalue weighted by Crippen LogP contribution is -2.31. The molecule has 3 N–H and O–H groups in total. The van der Waals surface area contributed by atoms with Crippen LogP contribution in [0.3, 0.4) is 0 Å². The van der Waals surface area contributed by atoms with Crippen molar-refractivity contribution in [2.45, 2.75) is 25.8 Å². The Kier molecular flexibility index (Phi) is 4.53. The Balaban J connectivity index is 1.97. The summed E-state index contributed by atoms with van der Waals surface area (Å²) in [5, 5.41) is 5.40. The minimum absolute atomic E-state index is 0.0234. The zero-order valence-corrected chi connectivity index (χ0v) is 11.2. The van der Waals surface area contributed by atoms with Crippen LogP contribution in [0.4, 0.5) is 0 Å². The van der Waals surface area contributed by atoms with Crippen LogP contribution in [0.1, 0.15) is 18.9 Å². The molecule has 19 heavy (non-hydrogen) atoms. The molecule has 0 fully saturated rings. The van der Waals surface area contributed by atoms with Crippen LogP contribution < -0.4 is 11.1 Å². The molecule has 1 unspecified atom stereocenters. The molecule has 1 atom stereocenters. The number of nitrogens with two attached hydrogens (primary N) is 1. The Bertz CT molecular complexity index is 558. The molecule has 1 amide bonds. The zero-order valence-electron chi connectivity index (χ0n) is 11.2. The molecule has 3 nitrogen and oxygen atoms in total. The highest BCUT2D eigenvalue weighted by Crippen LogP contribution is 2.18. The van der Waals surface area contributed by atoms with Crippen LogP contribution in [-0.2, 0) is 11.2 Å². The molecule has 0 saturated carbocycles. The van der Waals surface area contributed by atoms with E-state index in [1.807, 2.05) is 19.1 Å². The van der Waals surface area contributed by atoms with Crippen molar-refractivity contribution < 1.29 is 4.79 Å². The summed E-state index contributed by atoms with van der Waals surface area (Å²) in [4.78, 5) is 11.5. The van der Waals surface area contributed by atoms with E-state index in [1.165, 1.54) is 16.3 Å². The average Bonchev–Trinajstić information content (AvgIpc) is 2.38. The molecule has 100 valence electrons. The van der Waals surface area contributed by atoms with Crippen molar-refractivity contribution in [3.8, 4) is 0 Å². The predicted molar refractivity (Wildman–Crippen MR) is 78.9 cm³/mol. The van der Waals surface area contributed by atoms with Gasteiger partial charge in [-0.05, 0) is 29.7 Å². The first-order chi connectivity index (χ1) is 9.16. The number of benzene rings is 2. The van der Waals surface area contributed by atoms with Gasteiger partial charge < -0.3 is 11.1 Å². The third kappa shape index (κ3) is 3.80. The second-order valence-electron chi connectivity index (χ2n) is 4.92. The van der Waals surface area contributed by atoms with Gasteiger partial charge in [-0.3, -0.25) is 4.79 Å². The van der Waals surface area contributed by atoms with Crippen LogP contribution in [-0.4, -0.2) is 18.5 Å². The zero-order chi connectivity index (χ0) is 13.7. The fraction of sp³-hybridized carbons (Fsp3) is 0.312. The summed E-state index contributed by atoms with van der Waals surface area (Å²) in [5.74, 6) is 0.0234. The number of carbonyl (C=O) groups is 1. The Morgan fingerprint density at radius 2 is 1.95 bits per heavy atom. The molecule has 2 rings (SSSR count). The maximum atomic E-state index is 11.5. The Labute approximate surface area is 113 Å². The molecule has 2 aromatic carbocycles. The molecule has 0 aliphatic rings. The van der Waals surface area contributed by atoms with Gasteiger partial charge in [-0.2, -0.15) is 0 Å². The number of rotatable bonds is 5. The minimum Gasteiger partial charge on any atom is -0.356 e. The first-order valence-electron chi connectivity index (χ1n) is 6.66. The van der Waals surface area contributed by atoms with E-state index < -0.39 is 0 Å². The van der Waals surface area contributed by atoms with Crippen LogP contribution in [0.2, 0.25) is 0 Å². The molecule has 0 saturated heterocycles. The molecular weight excluding hydrogens is 236 g/mol. The molecule has 0 bridgehead atoms. The molecule has 0 heterocycles. The quantitative estimate of drug-likeness (QED) is 0.862. The molecular formula is C16H20N2O. The fourth-order valence-electron chi connectivity index (χ4n) is 2.21. The SMILES string of the molecule is CC(N)CC(=O)NCCc1cccc2ccccc12. The van der Waals surface area contributed by atoms with E-state index in [0.717, 1.165) is 6.42 Å². The molecule has 3 heteroatoms. The minimum atomic E-state index is -0.0856. The number of fused-ring (bicyclic) bond motifs is 1. The van der Waals surface area contributed by atoms with Gasteiger partial charge in [-0.1, -0.05) is 42.5 Å². The smallest absolute Gasteiger partial charge is 0.221 e. The lowest BCUT2D eigenvalue weighted by Gasteiger charge is -2.09. The maximum absolute atomic E-state index is 11.5. The summed E-state index contributed by atoms with van der Waals surface area (Å²) in [6.45, 7) is 2.49. The Morgan fingerprint density at radius 3 is 2.74 bits per heavy atom. The first-order valence-corrected chi connectivity index (χ1v) is 6.66. The van der Waals surface area contributed by atoms with Crippen LogP contribution >= 0.6 is 0 Å². The summed E-state index contributed by atoms with van der Waals surface area (Å²) >= 11 is 0. The number of nitrogens with one attached hydrogen (secondary N) is 1. The highest BCUT2D eigenvalue weighted by Gasteiger charge is 2.05. The molecule has 2 aromatic rings. The van der Waals surface area contributed by atoms with Crippen LogP contribution in [0, 0.1) is 0 Å². The van der Waals surface area contributed by atoms with Gasteiger partial charge in [-0.15, -0.1) is 0 Å². The third-order valence-electron chi connectivity index (χ3n) is 3.10. The standard InChI is InChI=1S/C16H20N2O/c1-12(17)11-16(19)18-10-9-14-7-4-6-13-5-2-3-8-15(13)14/h2-8,12H,9-11,17H2,1H3,(H,18,19). The lowest BCUT2D eigenvalue weighted by molar-refractivity contribution is -0.121. The van der Waals surface area contributed by atoms with Crippen LogP contribution in [0.5, 0.6) is 0 Å². The second kappa shape index (κ2) is 6.34. The topological polar surface area (TPSA) is 55.1 Å². The summed E-state index contributed by atoms with van der Waals surface area (Å²) in [7, 11) is 0. The number of carbonyl (C=O) groups excluding carboxylic acids is 1. The van der Waals surface area contributed by atoms with Gasteiger partial charge in [0.1, 0.15) is 0 Å². The van der Waals surface area contributed by atoms with Gasteiger partial charge in [0.15, 0.2) is 0 Å².